The number of aldehydes is 1. The summed E-state index contributed by atoms with van der Waals surface area (Å²) in [5, 5.41) is 0. The van der Waals surface area contributed by atoms with E-state index in [1.807, 2.05) is 29.8 Å². The standard InChI is InChI=1S/C11H9BrN2O/c1-8-5-14(7-13-8)10-3-2-9(6-15)11(12)4-10/h2-7H,1H3. The van der Waals surface area contributed by atoms with Crippen molar-refractivity contribution >= 4 is 22.2 Å². The first-order chi connectivity index (χ1) is 7.20. The van der Waals surface area contributed by atoms with Crippen molar-refractivity contribution < 1.29 is 4.79 Å². The molecule has 76 valence electrons. The molecule has 0 saturated heterocycles. The molecule has 0 aliphatic carbocycles. The van der Waals surface area contributed by atoms with Gasteiger partial charge in [-0.05, 0) is 41.1 Å². The molecule has 3 nitrogen and oxygen atoms in total. The van der Waals surface area contributed by atoms with Crippen LogP contribution in [0.1, 0.15) is 16.1 Å². The first-order valence-electron chi connectivity index (χ1n) is 4.46. The Hall–Kier alpha value is -1.42. The van der Waals surface area contributed by atoms with Crippen LogP contribution >= 0.6 is 15.9 Å². The van der Waals surface area contributed by atoms with E-state index in [0.717, 1.165) is 22.1 Å². The first-order valence-corrected chi connectivity index (χ1v) is 5.25. The molecule has 0 N–H and O–H groups in total. The Bertz CT molecular complexity index is 505. The van der Waals surface area contributed by atoms with Crippen LogP contribution in [0.2, 0.25) is 0 Å². The predicted molar refractivity (Wildman–Crippen MR) is 61.4 cm³/mol. The Kier molecular flexibility index (Phi) is 2.68. The second kappa shape index (κ2) is 3.98. The summed E-state index contributed by atoms with van der Waals surface area (Å²) in [5.74, 6) is 0. The fourth-order valence-corrected chi connectivity index (χ4v) is 1.79. The Morgan fingerprint density at radius 3 is 2.80 bits per heavy atom. The van der Waals surface area contributed by atoms with Crippen LogP contribution in [0.4, 0.5) is 0 Å². The van der Waals surface area contributed by atoms with E-state index in [1.165, 1.54) is 0 Å². The van der Waals surface area contributed by atoms with Crippen LogP contribution in [0, 0.1) is 6.92 Å². The smallest absolute Gasteiger partial charge is 0.151 e. The summed E-state index contributed by atoms with van der Waals surface area (Å²) in [7, 11) is 0. The third-order valence-electron chi connectivity index (χ3n) is 2.12. The molecule has 0 radical (unpaired) electrons. The normalized spacial score (nSPS) is 10.3. The number of halogens is 1. The molecule has 1 aromatic carbocycles. The highest BCUT2D eigenvalue weighted by atomic mass is 79.9. The van der Waals surface area contributed by atoms with E-state index in [9.17, 15) is 4.79 Å². The zero-order valence-corrected chi connectivity index (χ0v) is 9.73. The van der Waals surface area contributed by atoms with Crippen LogP contribution in [0.3, 0.4) is 0 Å². The number of aromatic nitrogens is 2. The van der Waals surface area contributed by atoms with Gasteiger partial charge in [-0.25, -0.2) is 4.98 Å². The van der Waals surface area contributed by atoms with E-state index in [-0.39, 0.29) is 0 Å². The van der Waals surface area contributed by atoms with Crippen molar-refractivity contribution in [3.8, 4) is 5.69 Å². The highest BCUT2D eigenvalue weighted by molar-refractivity contribution is 9.10. The highest BCUT2D eigenvalue weighted by Gasteiger charge is 2.02. The Balaban J connectivity index is 2.46. The van der Waals surface area contributed by atoms with Gasteiger partial charge in [-0.15, -0.1) is 0 Å². The molecule has 0 saturated carbocycles. The second-order valence-electron chi connectivity index (χ2n) is 3.25. The van der Waals surface area contributed by atoms with Gasteiger partial charge >= 0.3 is 0 Å². The van der Waals surface area contributed by atoms with Crippen molar-refractivity contribution in [1.82, 2.24) is 9.55 Å². The van der Waals surface area contributed by atoms with Gasteiger partial charge in [-0.1, -0.05) is 0 Å². The Morgan fingerprint density at radius 2 is 2.27 bits per heavy atom. The lowest BCUT2D eigenvalue weighted by Gasteiger charge is -2.03. The zero-order valence-electron chi connectivity index (χ0n) is 8.14. The SMILES string of the molecule is Cc1cn(-c2ccc(C=O)c(Br)c2)cn1. The van der Waals surface area contributed by atoms with E-state index in [1.54, 1.807) is 12.4 Å². The number of aryl methyl sites for hydroxylation is 1. The minimum Gasteiger partial charge on any atom is -0.306 e. The monoisotopic (exact) mass is 264 g/mol. The number of hydrogen-bond acceptors (Lipinski definition) is 2. The molecule has 15 heavy (non-hydrogen) atoms. The quantitative estimate of drug-likeness (QED) is 0.782. The summed E-state index contributed by atoms with van der Waals surface area (Å²) < 4.78 is 2.70. The van der Waals surface area contributed by atoms with Gasteiger partial charge in [0.2, 0.25) is 0 Å². The molecule has 0 aliphatic rings. The molecule has 0 amide bonds. The summed E-state index contributed by atoms with van der Waals surface area (Å²) in [5.41, 5.74) is 2.59. The summed E-state index contributed by atoms with van der Waals surface area (Å²) >= 11 is 3.35. The molecule has 1 aromatic heterocycles. The van der Waals surface area contributed by atoms with Crippen LogP contribution < -0.4 is 0 Å². The van der Waals surface area contributed by atoms with Crippen LogP contribution in [-0.2, 0) is 0 Å². The topological polar surface area (TPSA) is 34.9 Å². The molecule has 2 aromatic rings. The van der Waals surface area contributed by atoms with Crippen LogP contribution in [-0.4, -0.2) is 15.8 Å². The number of carbonyl (C=O) groups is 1. The summed E-state index contributed by atoms with van der Waals surface area (Å²) in [6, 6.07) is 5.56. The average molecular weight is 265 g/mol. The summed E-state index contributed by atoms with van der Waals surface area (Å²) in [6.45, 7) is 1.94. The largest absolute Gasteiger partial charge is 0.306 e. The molecule has 0 atom stereocenters. The van der Waals surface area contributed by atoms with Gasteiger partial charge in [-0.2, -0.15) is 0 Å². The van der Waals surface area contributed by atoms with Crippen LogP contribution in [0.15, 0.2) is 35.2 Å². The lowest BCUT2D eigenvalue weighted by Crippen LogP contribution is -1.91. The van der Waals surface area contributed by atoms with E-state index < -0.39 is 0 Å². The number of nitrogens with zero attached hydrogens (tertiary/aromatic N) is 2. The predicted octanol–water partition coefficient (Wildman–Crippen LogP) is 2.76. The van der Waals surface area contributed by atoms with Crippen molar-refractivity contribution in [2.75, 3.05) is 0 Å². The molecule has 4 heteroatoms. The fraction of sp³-hybridized carbons (Fsp3) is 0.0909. The van der Waals surface area contributed by atoms with E-state index in [2.05, 4.69) is 20.9 Å². The second-order valence-corrected chi connectivity index (χ2v) is 4.10. The summed E-state index contributed by atoms with van der Waals surface area (Å²) in [6.07, 6.45) is 4.51. The molecule has 0 aliphatic heterocycles. The number of hydrogen-bond donors (Lipinski definition) is 0. The number of imidazole rings is 1. The molecular weight excluding hydrogens is 256 g/mol. The molecule has 0 fully saturated rings. The minimum atomic E-state index is 0.649. The van der Waals surface area contributed by atoms with E-state index >= 15 is 0 Å². The molecule has 0 spiro atoms. The summed E-state index contributed by atoms with van der Waals surface area (Å²) in [4.78, 5) is 14.8. The molecular formula is C11H9BrN2O. The van der Waals surface area contributed by atoms with E-state index in [4.69, 9.17) is 0 Å². The third kappa shape index (κ3) is 1.99. The average Bonchev–Trinajstić information content (AvgIpc) is 2.65. The van der Waals surface area contributed by atoms with Crippen molar-refractivity contribution in [3.63, 3.8) is 0 Å². The molecule has 1 heterocycles. The van der Waals surface area contributed by atoms with Crippen molar-refractivity contribution in [2.24, 2.45) is 0 Å². The lowest BCUT2D eigenvalue weighted by molar-refractivity contribution is 0.112. The Labute approximate surface area is 95.9 Å². The third-order valence-corrected chi connectivity index (χ3v) is 2.81. The van der Waals surface area contributed by atoms with Gasteiger partial charge in [0.25, 0.3) is 0 Å². The van der Waals surface area contributed by atoms with Crippen molar-refractivity contribution in [2.45, 2.75) is 6.92 Å². The highest BCUT2D eigenvalue weighted by Crippen LogP contribution is 2.19. The van der Waals surface area contributed by atoms with Crippen molar-refractivity contribution in [1.29, 1.82) is 0 Å². The molecule has 0 unspecified atom stereocenters. The molecule has 2 rings (SSSR count). The number of rotatable bonds is 2. The number of benzene rings is 1. The van der Waals surface area contributed by atoms with Crippen LogP contribution in [0.25, 0.3) is 5.69 Å². The van der Waals surface area contributed by atoms with Gasteiger partial charge in [0.1, 0.15) is 0 Å². The first kappa shape index (κ1) is 10.1. The molecule has 0 bridgehead atoms. The zero-order chi connectivity index (χ0) is 10.8. The van der Waals surface area contributed by atoms with Gasteiger partial charge in [0.15, 0.2) is 6.29 Å². The maximum absolute atomic E-state index is 10.6. The van der Waals surface area contributed by atoms with Gasteiger partial charge in [0, 0.05) is 21.9 Å². The Morgan fingerprint density at radius 1 is 1.47 bits per heavy atom. The van der Waals surface area contributed by atoms with E-state index in [0.29, 0.717) is 5.56 Å². The minimum absolute atomic E-state index is 0.649. The number of carbonyl (C=O) groups excluding carboxylic acids is 1. The van der Waals surface area contributed by atoms with Gasteiger partial charge in [-0.3, -0.25) is 4.79 Å². The van der Waals surface area contributed by atoms with Crippen LogP contribution in [0.5, 0.6) is 0 Å². The van der Waals surface area contributed by atoms with Crippen molar-refractivity contribution in [3.05, 3.63) is 46.5 Å². The lowest BCUT2D eigenvalue weighted by atomic mass is 10.2. The van der Waals surface area contributed by atoms with Gasteiger partial charge < -0.3 is 4.57 Å². The maximum atomic E-state index is 10.6. The maximum Gasteiger partial charge on any atom is 0.151 e. The fourth-order valence-electron chi connectivity index (χ4n) is 1.33. The van der Waals surface area contributed by atoms with Gasteiger partial charge in [0.05, 0.1) is 12.0 Å².